The van der Waals surface area contributed by atoms with Crippen molar-refractivity contribution in [3.8, 4) is 5.75 Å². The van der Waals surface area contributed by atoms with Gasteiger partial charge < -0.3 is 4.74 Å². The highest BCUT2D eigenvalue weighted by Crippen LogP contribution is 2.26. The molecule has 5 heteroatoms. The van der Waals surface area contributed by atoms with Gasteiger partial charge in [-0.2, -0.15) is 0 Å². The second-order valence-electron chi connectivity index (χ2n) is 5.47. The summed E-state index contributed by atoms with van der Waals surface area (Å²) in [7, 11) is 3.91. The number of ether oxygens (including phenoxy) is 1. The molecule has 1 saturated heterocycles. The molecule has 3 rings (SSSR count). The van der Waals surface area contributed by atoms with Crippen LogP contribution in [0.1, 0.15) is 16.5 Å². The van der Waals surface area contributed by atoms with E-state index in [2.05, 4.69) is 34.0 Å². The first-order valence-corrected chi connectivity index (χ1v) is 8.08. The molecular formula is C16H21N3OS. The number of piperazine rings is 1. The van der Waals surface area contributed by atoms with Gasteiger partial charge in [0.2, 0.25) is 0 Å². The van der Waals surface area contributed by atoms with E-state index in [-0.39, 0.29) is 0 Å². The number of nitrogens with zero attached hydrogens (tertiary/aromatic N) is 3. The van der Waals surface area contributed by atoms with Gasteiger partial charge >= 0.3 is 0 Å². The van der Waals surface area contributed by atoms with Gasteiger partial charge in [-0.15, -0.1) is 11.3 Å². The van der Waals surface area contributed by atoms with Gasteiger partial charge in [0.05, 0.1) is 12.6 Å². The van der Waals surface area contributed by atoms with Crippen LogP contribution < -0.4 is 4.74 Å². The minimum Gasteiger partial charge on any atom is -0.497 e. The van der Waals surface area contributed by atoms with E-state index in [9.17, 15) is 0 Å². The zero-order valence-electron chi connectivity index (χ0n) is 12.5. The largest absolute Gasteiger partial charge is 0.497 e. The average molecular weight is 303 g/mol. The average Bonchev–Trinajstić information content (AvgIpc) is 3.02. The third-order valence-electron chi connectivity index (χ3n) is 4.10. The lowest BCUT2D eigenvalue weighted by Gasteiger charge is -2.39. The van der Waals surface area contributed by atoms with Crippen molar-refractivity contribution < 1.29 is 4.74 Å². The van der Waals surface area contributed by atoms with E-state index in [1.54, 1.807) is 18.4 Å². The van der Waals surface area contributed by atoms with Crippen LogP contribution in [0.25, 0.3) is 0 Å². The normalized spacial score (nSPS) is 20.6. The molecule has 1 atom stereocenters. The predicted octanol–water partition coefficient (Wildman–Crippen LogP) is 2.64. The molecule has 1 aromatic carbocycles. The Morgan fingerprint density at radius 3 is 2.76 bits per heavy atom. The Morgan fingerprint density at radius 2 is 2.10 bits per heavy atom. The molecule has 0 amide bonds. The van der Waals surface area contributed by atoms with E-state index < -0.39 is 0 Å². The van der Waals surface area contributed by atoms with Crippen molar-refractivity contribution in [2.75, 3.05) is 33.8 Å². The molecule has 1 aromatic heterocycles. The first-order valence-electron chi connectivity index (χ1n) is 7.20. The SMILES string of the molecule is COc1ccc([C@@H]2CN(Cc3cncs3)CCN2C)cc1. The molecule has 1 fully saturated rings. The van der Waals surface area contributed by atoms with Crippen LogP contribution in [0.2, 0.25) is 0 Å². The van der Waals surface area contributed by atoms with E-state index in [1.165, 1.54) is 10.4 Å². The summed E-state index contributed by atoms with van der Waals surface area (Å²) in [6, 6.07) is 8.89. The second-order valence-corrected chi connectivity index (χ2v) is 6.44. The lowest BCUT2D eigenvalue weighted by Crippen LogP contribution is -2.46. The summed E-state index contributed by atoms with van der Waals surface area (Å²) in [5.74, 6) is 0.915. The quantitative estimate of drug-likeness (QED) is 0.868. The van der Waals surface area contributed by atoms with E-state index in [1.807, 2.05) is 23.8 Å². The van der Waals surface area contributed by atoms with Crippen LogP contribution in [0.3, 0.4) is 0 Å². The molecule has 21 heavy (non-hydrogen) atoms. The van der Waals surface area contributed by atoms with Gasteiger partial charge in [-0.25, -0.2) is 0 Å². The summed E-state index contributed by atoms with van der Waals surface area (Å²) in [4.78, 5) is 10.5. The highest BCUT2D eigenvalue weighted by Gasteiger charge is 2.25. The Bertz CT molecular complexity index is 555. The minimum absolute atomic E-state index is 0.442. The van der Waals surface area contributed by atoms with Crippen molar-refractivity contribution in [1.82, 2.24) is 14.8 Å². The molecular weight excluding hydrogens is 282 g/mol. The standard InChI is InChI=1S/C16H21N3OS/c1-18-7-8-19(10-15-9-17-12-21-15)11-16(18)13-3-5-14(20-2)6-4-13/h3-6,9,12,16H,7-8,10-11H2,1-2H3/t16-/m0/s1. The summed E-state index contributed by atoms with van der Waals surface area (Å²) in [5, 5.41) is 0. The second kappa shape index (κ2) is 6.56. The smallest absolute Gasteiger partial charge is 0.118 e. The summed E-state index contributed by atoms with van der Waals surface area (Å²) < 4.78 is 5.25. The van der Waals surface area contributed by atoms with Gasteiger partial charge in [0.1, 0.15) is 5.75 Å². The number of thiazole rings is 1. The highest BCUT2D eigenvalue weighted by atomic mass is 32.1. The molecule has 0 spiro atoms. The molecule has 2 aromatic rings. The van der Waals surface area contributed by atoms with E-state index >= 15 is 0 Å². The molecule has 0 aliphatic carbocycles. The summed E-state index contributed by atoms with van der Waals surface area (Å²) >= 11 is 1.74. The first-order chi connectivity index (χ1) is 10.3. The third kappa shape index (κ3) is 3.43. The van der Waals surface area contributed by atoms with Crippen molar-refractivity contribution in [3.05, 3.63) is 46.4 Å². The topological polar surface area (TPSA) is 28.6 Å². The van der Waals surface area contributed by atoms with Gasteiger partial charge in [-0.3, -0.25) is 14.8 Å². The number of hydrogen-bond acceptors (Lipinski definition) is 5. The maximum atomic E-state index is 5.25. The maximum Gasteiger partial charge on any atom is 0.118 e. The lowest BCUT2D eigenvalue weighted by atomic mass is 10.0. The zero-order chi connectivity index (χ0) is 14.7. The molecule has 112 valence electrons. The third-order valence-corrected chi connectivity index (χ3v) is 4.86. The fourth-order valence-corrected chi connectivity index (χ4v) is 3.44. The number of rotatable bonds is 4. The maximum absolute atomic E-state index is 5.25. The fraction of sp³-hybridized carbons (Fsp3) is 0.438. The van der Waals surface area contributed by atoms with Crippen molar-refractivity contribution >= 4 is 11.3 Å². The van der Waals surface area contributed by atoms with Crippen LogP contribution in [-0.4, -0.2) is 48.6 Å². The van der Waals surface area contributed by atoms with Crippen LogP contribution in [0.15, 0.2) is 36.0 Å². The first kappa shape index (κ1) is 14.5. The summed E-state index contributed by atoms with van der Waals surface area (Å²) in [6.07, 6.45) is 1.98. The zero-order valence-corrected chi connectivity index (χ0v) is 13.3. The Kier molecular flexibility index (Phi) is 4.53. The van der Waals surface area contributed by atoms with E-state index in [4.69, 9.17) is 4.74 Å². The number of aromatic nitrogens is 1. The molecule has 1 aliphatic heterocycles. The lowest BCUT2D eigenvalue weighted by molar-refractivity contribution is 0.0911. The number of likely N-dealkylation sites (N-methyl/N-ethyl adjacent to an activating group) is 1. The van der Waals surface area contributed by atoms with Crippen molar-refractivity contribution in [3.63, 3.8) is 0 Å². The Balaban J connectivity index is 1.70. The highest BCUT2D eigenvalue weighted by molar-refractivity contribution is 7.09. The van der Waals surface area contributed by atoms with Gasteiger partial charge in [-0.05, 0) is 24.7 Å². The summed E-state index contributed by atoms with van der Waals surface area (Å²) in [5.41, 5.74) is 3.26. The fourth-order valence-electron chi connectivity index (χ4n) is 2.80. The molecule has 1 aliphatic rings. The van der Waals surface area contributed by atoms with Gasteiger partial charge in [0.15, 0.2) is 0 Å². The van der Waals surface area contributed by atoms with Crippen molar-refractivity contribution in [2.24, 2.45) is 0 Å². The Morgan fingerprint density at radius 1 is 1.29 bits per heavy atom. The number of hydrogen-bond donors (Lipinski definition) is 0. The molecule has 0 N–H and O–H groups in total. The van der Waals surface area contributed by atoms with Crippen molar-refractivity contribution in [1.29, 1.82) is 0 Å². The number of methoxy groups -OCH3 is 1. The molecule has 4 nitrogen and oxygen atoms in total. The Labute approximate surface area is 130 Å². The predicted molar refractivity (Wildman–Crippen MR) is 85.8 cm³/mol. The van der Waals surface area contributed by atoms with Crippen LogP contribution in [0.5, 0.6) is 5.75 Å². The van der Waals surface area contributed by atoms with Crippen LogP contribution in [-0.2, 0) is 6.54 Å². The van der Waals surface area contributed by atoms with Gasteiger partial charge in [0.25, 0.3) is 0 Å². The minimum atomic E-state index is 0.442. The molecule has 2 heterocycles. The molecule has 0 saturated carbocycles. The monoisotopic (exact) mass is 303 g/mol. The summed E-state index contributed by atoms with van der Waals surface area (Å²) in [6.45, 7) is 4.27. The van der Waals surface area contributed by atoms with E-state index in [0.29, 0.717) is 6.04 Å². The van der Waals surface area contributed by atoms with Gasteiger partial charge in [-0.1, -0.05) is 12.1 Å². The van der Waals surface area contributed by atoms with Crippen molar-refractivity contribution in [2.45, 2.75) is 12.6 Å². The van der Waals surface area contributed by atoms with Crippen LogP contribution in [0, 0.1) is 0 Å². The molecule has 0 unspecified atom stereocenters. The Hall–Kier alpha value is -1.43. The van der Waals surface area contributed by atoms with Gasteiger partial charge in [0, 0.05) is 43.3 Å². The van der Waals surface area contributed by atoms with Crippen LogP contribution >= 0.6 is 11.3 Å². The molecule has 0 radical (unpaired) electrons. The van der Waals surface area contributed by atoms with Crippen LogP contribution in [0.4, 0.5) is 0 Å². The number of benzene rings is 1. The van der Waals surface area contributed by atoms with E-state index in [0.717, 1.165) is 31.9 Å². The molecule has 0 bridgehead atoms.